The van der Waals surface area contributed by atoms with E-state index in [1.165, 1.54) is 0 Å². The Kier molecular flexibility index (Phi) is 4.55. The van der Waals surface area contributed by atoms with Gasteiger partial charge in [0, 0.05) is 39.1 Å². The van der Waals surface area contributed by atoms with Crippen LogP contribution in [0.4, 0.5) is 4.39 Å². The van der Waals surface area contributed by atoms with Gasteiger partial charge in [-0.15, -0.1) is 0 Å². The SMILES string of the molecule is CN=C(NCc1ccc(-n2ccnc2)c(F)c1)N1CCC(C)(C)C1. The topological polar surface area (TPSA) is 45.5 Å². The molecule has 0 radical (unpaired) electrons. The Balaban J connectivity index is 1.65. The largest absolute Gasteiger partial charge is 0.352 e. The van der Waals surface area contributed by atoms with Crippen LogP contribution < -0.4 is 5.32 Å². The van der Waals surface area contributed by atoms with Gasteiger partial charge < -0.3 is 14.8 Å². The number of guanidine groups is 1. The van der Waals surface area contributed by atoms with Crippen molar-refractivity contribution in [2.24, 2.45) is 10.4 Å². The zero-order valence-corrected chi connectivity index (χ0v) is 14.5. The van der Waals surface area contributed by atoms with Crippen LogP contribution in [0.3, 0.4) is 0 Å². The fraction of sp³-hybridized carbons (Fsp3) is 0.444. The zero-order valence-electron chi connectivity index (χ0n) is 14.5. The molecule has 6 heteroatoms. The average molecular weight is 329 g/mol. The molecule has 1 aromatic heterocycles. The summed E-state index contributed by atoms with van der Waals surface area (Å²) < 4.78 is 16.0. The van der Waals surface area contributed by atoms with Gasteiger partial charge in [0.05, 0.1) is 12.0 Å². The molecule has 0 spiro atoms. The Morgan fingerprint density at radius 2 is 2.25 bits per heavy atom. The third-order valence-corrected chi connectivity index (χ3v) is 4.43. The van der Waals surface area contributed by atoms with E-state index in [1.54, 1.807) is 42.5 Å². The predicted molar refractivity (Wildman–Crippen MR) is 93.7 cm³/mol. The Morgan fingerprint density at radius 3 is 2.83 bits per heavy atom. The number of nitrogens with one attached hydrogen (secondary N) is 1. The van der Waals surface area contributed by atoms with Crippen molar-refractivity contribution in [2.45, 2.75) is 26.8 Å². The number of nitrogens with zero attached hydrogens (tertiary/aromatic N) is 4. The molecule has 0 unspecified atom stereocenters. The van der Waals surface area contributed by atoms with Crippen LogP contribution in [-0.2, 0) is 6.54 Å². The summed E-state index contributed by atoms with van der Waals surface area (Å²) in [7, 11) is 1.79. The Bertz CT molecular complexity index is 721. The van der Waals surface area contributed by atoms with Crippen LogP contribution >= 0.6 is 0 Å². The Morgan fingerprint density at radius 1 is 1.42 bits per heavy atom. The molecule has 24 heavy (non-hydrogen) atoms. The monoisotopic (exact) mass is 329 g/mol. The van der Waals surface area contributed by atoms with E-state index in [2.05, 4.69) is 34.0 Å². The van der Waals surface area contributed by atoms with Crippen LogP contribution in [0.25, 0.3) is 5.69 Å². The van der Waals surface area contributed by atoms with E-state index in [0.717, 1.165) is 31.0 Å². The van der Waals surface area contributed by atoms with Crippen LogP contribution in [0, 0.1) is 11.2 Å². The number of benzene rings is 1. The van der Waals surface area contributed by atoms with Gasteiger partial charge in [0.1, 0.15) is 5.82 Å². The van der Waals surface area contributed by atoms with Gasteiger partial charge in [0.15, 0.2) is 5.96 Å². The third-order valence-electron chi connectivity index (χ3n) is 4.43. The van der Waals surface area contributed by atoms with Crippen molar-refractivity contribution in [2.75, 3.05) is 20.1 Å². The van der Waals surface area contributed by atoms with Crippen LogP contribution in [0.5, 0.6) is 0 Å². The molecule has 1 N–H and O–H groups in total. The van der Waals surface area contributed by atoms with Crippen molar-refractivity contribution in [3.8, 4) is 5.69 Å². The Hall–Kier alpha value is -2.37. The lowest BCUT2D eigenvalue weighted by Crippen LogP contribution is -2.40. The Labute approximate surface area is 142 Å². The van der Waals surface area contributed by atoms with Gasteiger partial charge in [-0.2, -0.15) is 0 Å². The highest BCUT2D eigenvalue weighted by Gasteiger charge is 2.30. The van der Waals surface area contributed by atoms with Gasteiger partial charge >= 0.3 is 0 Å². The molecule has 2 aromatic rings. The van der Waals surface area contributed by atoms with Gasteiger partial charge in [-0.25, -0.2) is 9.37 Å². The second kappa shape index (κ2) is 6.63. The molecule has 0 bridgehead atoms. The molecule has 5 nitrogen and oxygen atoms in total. The summed E-state index contributed by atoms with van der Waals surface area (Å²) in [6.45, 7) is 7.07. The second-order valence-electron chi connectivity index (χ2n) is 6.99. The van der Waals surface area contributed by atoms with E-state index in [-0.39, 0.29) is 5.82 Å². The minimum absolute atomic E-state index is 0.260. The lowest BCUT2D eigenvalue weighted by atomic mass is 9.93. The first kappa shape index (κ1) is 16.5. The van der Waals surface area contributed by atoms with Crippen LogP contribution in [0.15, 0.2) is 41.9 Å². The molecular formula is C18H24FN5. The highest BCUT2D eigenvalue weighted by molar-refractivity contribution is 5.80. The lowest BCUT2D eigenvalue weighted by Gasteiger charge is -2.23. The number of aromatic nitrogens is 2. The molecule has 0 saturated carbocycles. The first-order valence-corrected chi connectivity index (χ1v) is 8.21. The molecular weight excluding hydrogens is 305 g/mol. The number of hydrogen-bond acceptors (Lipinski definition) is 2. The molecule has 128 valence electrons. The van der Waals surface area contributed by atoms with Crippen molar-refractivity contribution in [1.82, 2.24) is 19.8 Å². The van der Waals surface area contributed by atoms with Crippen LogP contribution in [-0.4, -0.2) is 40.5 Å². The highest BCUT2D eigenvalue weighted by atomic mass is 19.1. The summed E-state index contributed by atoms with van der Waals surface area (Å²) in [6.07, 6.45) is 6.11. The maximum Gasteiger partial charge on any atom is 0.193 e. The van der Waals surface area contributed by atoms with Crippen LogP contribution in [0.1, 0.15) is 25.8 Å². The summed E-state index contributed by atoms with van der Waals surface area (Å²) in [4.78, 5) is 10.6. The summed E-state index contributed by atoms with van der Waals surface area (Å²) in [5.74, 6) is 0.615. The highest BCUT2D eigenvalue weighted by Crippen LogP contribution is 2.28. The van der Waals surface area contributed by atoms with Gasteiger partial charge in [0.2, 0.25) is 0 Å². The van der Waals surface area contributed by atoms with Crippen LogP contribution in [0.2, 0.25) is 0 Å². The van der Waals surface area contributed by atoms with E-state index in [4.69, 9.17) is 0 Å². The standard InChI is InChI=1S/C18H24FN5/c1-18(2)6-8-23(12-18)17(20-3)22-11-14-4-5-16(15(19)10-14)24-9-7-21-13-24/h4-5,7,9-10,13H,6,8,11-12H2,1-3H3,(H,20,22). The molecule has 3 rings (SSSR count). The summed E-state index contributed by atoms with van der Waals surface area (Å²) in [5.41, 5.74) is 1.70. The van der Waals surface area contributed by atoms with Crippen molar-refractivity contribution >= 4 is 5.96 Å². The molecule has 0 amide bonds. The fourth-order valence-electron chi connectivity index (χ4n) is 3.08. The summed E-state index contributed by atoms with van der Waals surface area (Å²) in [5, 5.41) is 3.34. The maximum atomic E-state index is 14.3. The molecule has 2 heterocycles. The molecule has 1 fully saturated rings. The van der Waals surface area contributed by atoms with Gasteiger partial charge in [0.25, 0.3) is 0 Å². The summed E-state index contributed by atoms with van der Waals surface area (Å²) in [6, 6.07) is 5.26. The number of imidazole rings is 1. The van der Waals surface area contributed by atoms with Crippen molar-refractivity contribution in [3.05, 3.63) is 48.3 Å². The van der Waals surface area contributed by atoms with Crippen molar-refractivity contribution in [1.29, 1.82) is 0 Å². The number of hydrogen-bond donors (Lipinski definition) is 1. The molecule has 1 aliphatic rings. The number of rotatable bonds is 3. The first-order valence-electron chi connectivity index (χ1n) is 8.21. The fourth-order valence-corrected chi connectivity index (χ4v) is 3.08. The molecule has 1 aromatic carbocycles. The zero-order chi connectivity index (χ0) is 17.2. The van der Waals surface area contributed by atoms with Crippen molar-refractivity contribution in [3.63, 3.8) is 0 Å². The number of likely N-dealkylation sites (tertiary alicyclic amines) is 1. The molecule has 0 atom stereocenters. The lowest BCUT2D eigenvalue weighted by molar-refractivity contribution is 0.370. The minimum Gasteiger partial charge on any atom is -0.352 e. The molecule has 1 aliphatic heterocycles. The van der Waals surface area contributed by atoms with E-state index in [9.17, 15) is 4.39 Å². The third kappa shape index (κ3) is 3.58. The van der Waals surface area contributed by atoms with Gasteiger partial charge in [-0.05, 0) is 29.5 Å². The van der Waals surface area contributed by atoms with E-state index in [1.807, 2.05) is 6.07 Å². The molecule has 1 saturated heterocycles. The van der Waals surface area contributed by atoms with E-state index >= 15 is 0 Å². The maximum absolute atomic E-state index is 14.3. The number of halogens is 1. The molecule has 0 aliphatic carbocycles. The minimum atomic E-state index is -0.260. The van der Waals surface area contributed by atoms with Gasteiger partial charge in [-0.3, -0.25) is 4.99 Å². The quantitative estimate of drug-likeness (QED) is 0.696. The average Bonchev–Trinajstić information content (AvgIpc) is 3.18. The summed E-state index contributed by atoms with van der Waals surface area (Å²) >= 11 is 0. The van der Waals surface area contributed by atoms with Crippen molar-refractivity contribution < 1.29 is 4.39 Å². The smallest absolute Gasteiger partial charge is 0.193 e. The number of aliphatic imine (C=N–C) groups is 1. The first-order chi connectivity index (χ1) is 11.5. The van der Waals surface area contributed by atoms with E-state index in [0.29, 0.717) is 17.6 Å². The predicted octanol–water partition coefficient (Wildman–Crippen LogP) is 2.82. The second-order valence-corrected chi connectivity index (χ2v) is 6.99. The van der Waals surface area contributed by atoms with E-state index < -0.39 is 0 Å². The normalized spacial score (nSPS) is 17.3. The van der Waals surface area contributed by atoms with Gasteiger partial charge in [-0.1, -0.05) is 19.9 Å².